The Morgan fingerprint density at radius 1 is 0.821 bits per heavy atom. The van der Waals surface area contributed by atoms with Gasteiger partial charge in [0.15, 0.2) is 0 Å². The molecule has 28 heavy (non-hydrogen) atoms. The molecule has 1 aliphatic heterocycles. The predicted molar refractivity (Wildman–Crippen MR) is 113 cm³/mol. The predicted octanol–water partition coefficient (Wildman–Crippen LogP) is 4.43. The van der Waals surface area contributed by atoms with Crippen molar-refractivity contribution in [1.29, 1.82) is 0 Å². The normalized spacial score (nSPS) is 14.5. The second kappa shape index (κ2) is 7.49. The summed E-state index contributed by atoms with van der Waals surface area (Å²) in [5.74, 6) is 0. The number of ether oxygens (including phenoxy) is 1. The highest BCUT2D eigenvalue weighted by Crippen LogP contribution is 2.28. The molecular weight excluding hydrogens is 346 g/mol. The zero-order valence-corrected chi connectivity index (χ0v) is 15.8. The molecule has 0 N–H and O–H groups in total. The summed E-state index contributed by atoms with van der Waals surface area (Å²) in [5.41, 5.74) is 6.94. The molecular formula is C24H23N3O. The van der Waals surface area contributed by atoms with E-state index in [-0.39, 0.29) is 0 Å². The number of anilines is 1. The van der Waals surface area contributed by atoms with Crippen molar-refractivity contribution >= 4 is 11.3 Å². The van der Waals surface area contributed by atoms with E-state index < -0.39 is 0 Å². The van der Waals surface area contributed by atoms with Gasteiger partial charge in [0, 0.05) is 31.3 Å². The summed E-state index contributed by atoms with van der Waals surface area (Å²) in [4.78, 5) is 7.37. The molecule has 5 rings (SSSR count). The van der Waals surface area contributed by atoms with Gasteiger partial charge in [0.1, 0.15) is 5.65 Å². The third kappa shape index (κ3) is 3.27. The van der Waals surface area contributed by atoms with Crippen molar-refractivity contribution < 1.29 is 4.74 Å². The van der Waals surface area contributed by atoms with E-state index >= 15 is 0 Å². The molecule has 4 aromatic rings. The molecule has 3 heterocycles. The Labute approximate surface area is 165 Å². The quantitative estimate of drug-likeness (QED) is 0.533. The fraction of sp³-hybridized carbons (Fsp3) is 0.208. The molecule has 1 saturated heterocycles. The SMILES string of the molecule is c1ccc(Cc2c(-c3ccccc3)nc3ccc(N4CCOCC4)cn23)cc1. The van der Waals surface area contributed by atoms with Crippen LogP contribution in [0.1, 0.15) is 11.3 Å². The van der Waals surface area contributed by atoms with E-state index in [9.17, 15) is 0 Å². The second-order valence-electron chi connectivity index (χ2n) is 7.15. The van der Waals surface area contributed by atoms with Crippen LogP contribution in [0.3, 0.4) is 0 Å². The van der Waals surface area contributed by atoms with E-state index in [1.165, 1.54) is 16.9 Å². The van der Waals surface area contributed by atoms with Crippen molar-refractivity contribution in [3.05, 3.63) is 90.3 Å². The van der Waals surface area contributed by atoms with Crippen LogP contribution in [-0.2, 0) is 11.2 Å². The van der Waals surface area contributed by atoms with Crippen LogP contribution >= 0.6 is 0 Å². The van der Waals surface area contributed by atoms with E-state index in [4.69, 9.17) is 9.72 Å². The van der Waals surface area contributed by atoms with Crippen molar-refractivity contribution in [3.63, 3.8) is 0 Å². The van der Waals surface area contributed by atoms with Gasteiger partial charge in [-0.1, -0.05) is 60.7 Å². The Balaban J connectivity index is 1.64. The van der Waals surface area contributed by atoms with E-state index in [1.807, 2.05) is 6.07 Å². The molecule has 1 fully saturated rings. The largest absolute Gasteiger partial charge is 0.378 e. The van der Waals surface area contributed by atoms with Crippen LogP contribution in [0.5, 0.6) is 0 Å². The maximum absolute atomic E-state index is 5.51. The van der Waals surface area contributed by atoms with Gasteiger partial charge in [-0.05, 0) is 17.7 Å². The first-order valence-electron chi connectivity index (χ1n) is 9.81. The Kier molecular flexibility index (Phi) is 4.55. The molecule has 1 aliphatic rings. The molecule has 0 spiro atoms. The molecule has 0 amide bonds. The van der Waals surface area contributed by atoms with Crippen molar-refractivity contribution in [1.82, 2.24) is 9.38 Å². The van der Waals surface area contributed by atoms with E-state index in [2.05, 4.69) is 82.2 Å². The zero-order chi connectivity index (χ0) is 18.8. The number of rotatable bonds is 4. The molecule has 0 radical (unpaired) electrons. The summed E-state index contributed by atoms with van der Waals surface area (Å²) in [5, 5.41) is 0. The first-order valence-corrected chi connectivity index (χ1v) is 9.81. The van der Waals surface area contributed by atoms with Crippen LogP contribution < -0.4 is 4.90 Å². The van der Waals surface area contributed by atoms with Gasteiger partial charge in [-0.15, -0.1) is 0 Å². The fourth-order valence-electron chi connectivity index (χ4n) is 3.88. The van der Waals surface area contributed by atoms with Gasteiger partial charge in [0.2, 0.25) is 0 Å². The summed E-state index contributed by atoms with van der Waals surface area (Å²) in [7, 11) is 0. The minimum absolute atomic E-state index is 0.786. The smallest absolute Gasteiger partial charge is 0.137 e. The lowest BCUT2D eigenvalue weighted by atomic mass is 10.0. The van der Waals surface area contributed by atoms with Crippen molar-refractivity contribution in [2.75, 3.05) is 31.2 Å². The number of hydrogen-bond donors (Lipinski definition) is 0. The lowest BCUT2D eigenvalue weighted by Crippen LogP contribution is -2.36. The maximum Gasteiger partial charge on any atom is 0.137 e. The van der Waals surface area contributed by atoms with E-state index in [0.29, 0.717) is 0 Å². The summed E-state index contributed by atoms with van der Waals surface area (Å²) in [6.07, 6.45) is 3.08. The highest BCUT2D eigenvalue weighted by atomic mass is 16.5. The number of aromatic nitrogens is 2. The van der Waals surface area contributed by atoms with Gasteiger partial charge >= 0.3 is 0 Å². The van der Waals surface area contributed by atoms with Crippen LogP contribution in [0.25, 0.3) is 16.9 Å². The third-order valence-corrected chi connectivity index (χ3v) is 5.34. The standard InChI is InChI=1S/C24H23N3O/c1-3-7-19(8-4-1)17-22-24(20-9-5-2-6-10-20)25-23-12-11-21(18-27(22)23)26-13-15-28-16-14-26/h1-12,18H,13-17H2. The minimum atomic E-state index is 0.786. The molecule has 2 aromatic carbocycles. The highest BCUT2D eigenvalue weighted by molar-refractivity contribution is 5.68. The van der Waals surface area contributed by atoms with Gasteiger partial charge in [-0.25, -0.2) is 4.98 Å². The van der Waals surface area contributed by atoms with Crippen LogP contribution in [-0.4, -0.2) is 35.7 Å². The van der Waals surface area contributed by atoms with Crippen molar-refractivity contribution in [2.45, 2.75) is 6.42 Å². The molecule has 2 aromatic heterocycles. The van der Waals surface area contributed by atoms with Crippen LogP contribution in [0.4, 0.5) is 5.69 Å². The van der Waals surface area contributed by atoms with E-state index in [0.717, 1.165) is 49.6 Å². The number of imidazole rings is 1. The Hall–Kier alpha value is -3.11. The molecule has 0 atom stereocenters. The molecule has 4 heteroatoms. The number of fused-ring (bicyclic) bond motifs is 1. The molecule has 0 saturated carbocycles. The van der Waals surface area contributed by atoms with Crippen LogP contribution in [0, 0.1) is 0 Å². The highest BCUT2D eigenvalue weighted by Gasteiger charge is 2.17. The van der Waals surface area contributed by atoms with Gasteiger partial charge in [-0.3, -0.25) is 0 Å². The van der Waals surface area contributed by atoms with Crippen molar-refractivity contribution in [3.8, 4) is 11.3 Å². The van der Waals surface area contributed by atoms with Gasteiger partial charge in [0.05, 0.1) is 30.3 Å². The lowest BCUT2D eigenvalue weighted by molar-refractivity contribution is 0.122. The number of hydrogen-bond acceptors (Lipinski definition) is 3. The second-order valence-corrected chi connectivity index (χ2v) is 7.15. The summed E-state index contributed by atoms with van der Waals surface area (Å²) in [6, 6.07) is 25.4. The maximum atomic E-state index is 5.51. The first kappa shape index (κ1) is 17.0. The molecule has 0 aliphatic carbocycles. The monoisotopic (exact) mass is 369 g/mol. The number of benzene rings is 2. The summed E-state index contributed by atoms with van der Waals surface area (Å²) >= 11 is 0. The third-order valence-electron chi connectivity index (χ3n) is 5.34. The Morgan fingerprint density at radius 3 is 2.29 bits per heavy atom. The average Bonchev–Trinajstić information content (AvgIpc) is 3.13. The number of pyridine rings is 1. The van der Waals surface area contributed by atoms with Crippen LogP contribution in [0.2, 0.25) is 0 Å². The molecule has 140 valence electrons. The first-order chi connectivity index (χ1) is 13.9. The van der Waals surface area contributed by atoms with Gasteiger partial charge in [-0.2, -0.15) is 0 Å². The Morgan fingerprint density at radius 2 is 1.54 bits per heavy atom. The molecule has 0 bridgehead atoms. The average molecular weight is 369 g/mol. The minimum Gasteiger partial charge on any atom is -0.378 e. The van der Waals surface area contributed by atoms with Gasteiger partial charge in [0.25, 0.3) is 0 Å². The Bertz CT molecular complexity index is 1070. The zero-order valence-electron chi connectivity index (χ0n) is 15.8. The molecule has 0 unspecified atom stereocenters. The van der Waals surface area contributed by atoms with Crippen LogP contribution in [0.15, 0.2) is 79.0 Å². The number of nitrogens with zero attached hydrogens (tertiary/aromatic N) is 3. The topological polar surface area (TPSA) is 29.8 Å². The lowest BCUT2D eigenvalue weighted by Gasteiger charge is -2.28. The fourth-order valence-corrected chi connectivity index (χ4v) is 3.88. The van der Waals surface area contributed by atoms with E-state index in [1.54, 1.807) is 0 Å². The van der Waals surface area contributed by atoms with Gasteiger partial charge < -0.3 is 14.0 Å². The molecule has 4 nitrogen and oxygen atoms in total. The summed E-state index contributed by atoms with van der Waals surface area (Å²) in [6.45, 7) is 3.43. The summed E-state index contributed by atoms with van der Waals surface area (Å²) < 4.78 is 7.78. The number of morpholine rings is 1. The van der Waals surface area contributed by atoms with Crippen molar-refractivity contribution in [2.24, 2.45) is 0 Å².